The molecule has 0 saturated heterocycles. The highest BCUT2D eigenvalue weighted by Gasteiger charge is 2.15. The first-order chi connectivity index (χ1) is 9.67. The lowest BCUT2D eigenvalue weighted by Crippen LogP contribution is -2.34. The number of fused-ring (bicyclic) bond motifs is 1. The van der Waals surface area contributed by atoms with Crippen molar-refractivity contribution in [3.63, 3.8) is 0 Å². The van der Waals surface area contributed by atoms with Gasteiger partial charge in [0, 0.05) is 13.6 Å². The van der Waals surface area contributed by atoms with Crippen molar-refractivity contribution in [2.75, 3.05) is 20.7 Å². The van der Waals surface area contributed by atoms with E-state index in [2.05, 4.69) is 11.4 Å². The van der Waals surface area contributed by atoms with E-state index in [1.807, 2.05) is 30.3 Å². The van der Waals surface area contributed by atoms with Crippen LogP contribution in [0.15, 0.2) is 36.4 Å². The maximum Gasteiger partial charge on any atom is 0.224 e. The molecule has 1 unspecified atom stereocenters. The minimum absolute atomic E-state index is 0.0117. The Balaban J connectivity index is 2.25. The number of hydrogen-bond donors (Lipinski definition) is 2. The van der Waals surface area contributed by atoms with Gasteiger partial charge in [-0.1, -0.05) is 24.3 Å². The topological polar surface area (TPSA) is 64.4 Å². The summed E-state index contributed by atoms with van der Waals surface area (Å²) in [5.41, 5.74) is 6.78. The summed E-state index contributed by atoms with van der Waals surface area (Å²) in [5, 5.41) is 4.91. The number of methoxy groups -OCH3 is 1. The second kappa shape index (κ2) is 6.39. The predicted octanol–water partition coefficient (Wildman–Crippen LogP) is 1.71. The molecular formula is C16H20N2O2. The summed E-state index contributed by atoms with van der Waals surface area (Å²) in [7, 11) is 3.29. The first-order valence-corrected chi connectivity index (χ1v) is 6.66. The van der Waals surface area contributed by atoms with E-state index in [0.717, 1.165) is 22.1 Å². The molecule has 0 aliphatic rings. The first kappa shape index (κ1) is 14.3. The number of carbonyl (C=O) groups excluding carboxylic acids is 1. The molecule has 0 aliphatic heterocycles. The summed E-state index contributed by atoms with van der Waals surface area (Å²) in [5.74, 6) is 0.647. The molecule has 0 bridgehead atoms. The van der Waals surface area contributed by atoms with Crippen molar-refractivity contribution in [2.24, 2.45) is 11.7 Å². The van der Waals surface area contributed by atoms with Crippen molar-refractivity contribution >= 4 is 16.7 Å². The zero-order valence-electron chi connectivity index (χ0n) is 11.8. The van der Waals surface area contributed by atoms with E-state index >= 15 is 0 Å². The quantitative estimate of drug-likeness (QED) is 0.871. The van der Waals surface area contributed by atoms with Crippen molar-refractivity contribution in [2.45, 2.75) is 6.42 Å². The largest absolute Gasteiger partial charge is 0.497 e. The van der Waals surface area contributed by atoms with Gasteiger partial charge in [0.15, 0.2) is 0 Å². The second-order valence-electron chi connectivity index (χ2n) is 4.80. The molecule has 0 heterocycles. The molecular weight excluding hydrogens is 252 g/mol. The maximum absolute atomic E-state index is 11.7. The Labute approximate surface area is 118 Å². The Morgan fingerprint density at radius 2 is 1.95 bits per heavy atom. The number of nitrogens with two attached hydrogens (primary N) is 1. The van der Waals surface area contributed by atoms with E-state index in [1.165, 1.54) is 0 Å². The van der Waals surface area contributed by atoms with Crippen LogP contribution in [0.2, 0.25) is 0 Å². The van der Waals surface area contributed by atoms with E-state index in [4.69, 9.17) is 10.5 Å². The third kappa shape index (κ3) is 3.08. The van der Waals surface area contributed by atoms with Gasteiger partial charge in [0.1, 0.15) is 5.75 Å². The average Bonchev–Trinajstić information content (AvgIpc) is 2.51. The zero-order valence-corrected chi connectivity index (χ0v) is 11.8. The van der Waals surface area contributed by atoms with Crippen LogP contribution in [0.1, 0.15) is 5.56 Å². The number of benzene rings is 2. The first-order valence-electron chi connectivity index (χ1n) is 6.66. The summed E-state index contributed by atoms with van der Waals surface area (Å²) in [4.78, 5) is 11.7. The summed E-state index contributed by atoms with van der Waals surface area (Å²) < 4.78 is 5.21. The highest BCUT2D eigenvalue weighted by atomic mass is 16.5. The molecule has 2 aromatic rings. The Hall–Kier alpha value is -2.07. The van der Waals surface area contributed by atoms with Crippen LogP contribution < -0.4 is 15.8 Å². The smallest absolute Gasteiger partial charge is 0.224 e. The lowest BCUT2D eigenvalue weighted by molar-refractivity contribution is -0.124. The monoisotopic (exact) mass is 272 g/mol. The number of amides is 1. The molecule has 2 aromatic carbocycles. The SMILES string of the molecule is CNC(=O)C(CN)Cc1ccc2cc(OC)ccc2c1. The molecule has 0 aliphatic carbocycles. The molecule has 0 saturated carbocycles. The standard InChI is InChI=1S/C16H20N2O2/c1-18-16(19)14(10-17)8-11-3-4-13-9-15(20-2)6-5-12(13)7-11/h3-7,9,14H,8,10,17H2,1-2H3,(H,18,19). The van der Waals surface area contributed by atoms with Crippen LogP contribution in [0.3, 0.4) is 0 Å². The minimum atomic E-state index is -0.185. The number of ether oxygens (including phenoxy) is 1. The van der Waals surface area contributed by atoms with Gasteiger partial charge in [-0.3, -0.25) is 4.79 Å². The average molecular weight is 272 g/mol. The fourth-order valence-electron chi connectivity index (χ4n) is 2.30. The van der Waals surface area contributed by atoms with Gasteiger partial charge >= 0.3 is 0 Å². The van der Waals surface area contributed by atoms with Crippen LogP contribution in [-0.2, 0) is 11.2 Å². The van der Waals surface area contributed by atoms with Gasteiger partial charge in [0.25, 0.3) is 0 Å². The summed E-state index contributed by atoms with van der Waals surface area (Å²) in [6, 6.07) is 12.1. The van der Waals surface area contributed by atoms with Crippen molar-refractivity contribution in [3.05, 3.63) is 42.0 Å². The number of nitrogens with one attached hydrogen (secondary N) is 1. The van der Waals surface area contributed by atoms with Crippen LogP contribution in [-0.4, -0.2) is 26.6 Å². The molecule has 1 amide bonds. The lowest BCUT2D eigenvalue weighted by Gasteiger charge is -2.13. The third-order valence-corrected chi connectivity index (χ3v) is 3.50. The van der Waals surface area contributed by atoms with Gasteiger partial charge in [0.2, 0.25) is 5.91 Å². The summed E-state index contributed by atoms with van der Waals surface area (Å²) in [6.07, 6.45) is 0.651. The van der Waals surface area contributed by atoms with Crippen molar-refractivity contribution in [1.29, 1.82) is 0 Å². The predicted molar refractivity (Wildman–Crippen MR) is 80.8 cm³/mol. The third-order valence-electron chi connectivity index (χ3n) is 3.50. The zero-order chi connectivity index (χ0) is 14.5. The fraction of sp³-hybridized carbons (Fsp3) is 0.312. The molecule has 20 heavy (non-hydrogen) atoms. The van der Waals surface area contributed by atoms with Gasteiger partial charge in [0.05, 0.1) is 13.0 Å². The highest BCUT2D eigenvalue weighted by Crippen LogP contribution is 2.22. The Kier molecular flexibility index (Phi) is 4.58. The maximum atomic E-state index is 11.7. The molecule has 0 aromatic heterocycles. The number of hydrogen-bond acceptors (Lipinski definition) is 3. The Bertz CT molecular complexity index is 610. The van der Waals surface area contributed by atoms with E-state index in [1.54, 1.807) is 14.2 Å². The van der Waals surface area contributed by atoms with Crippen LogP contribution in [0.5, 0.6) is 5.75 Å². The van der Waals surface area contributed by atoms with Crippen LogP contribution >= 0.6 is 0 Å². The molecule has 3 N–H and O–H groups in total. The Morgan fingerprint density at radius 3 is 2.60 bits per heavy atom. The molecule has 106 valence electrons. The van der Waals surface area contributed by atoms with E-state index < -0.39 is 0 Å². The van der Waals surface area contributed by atoms with E-state index in [9.17, 15) is 4.79 Å². The van der Waals surface area contributed by atoms with Gasteiger partial charge in [-0.05, 0) is 34.9 Å². The molecule has 0 spiro atoms. The molecule has 1 atom stereocenters. The highest BCUT2D eigenvalue weighted by molar-refractivity contribution is 5.85. The fourth-order valence-corrected chi connectivity index (χ4v) is 2.30. The number of rotatable bonds is 5. The van der Waals surface area contributed by atoms with Crippen molar-refractivity contribution < 1.29 is 9.53 Å². The molecule has 4 heteroatoms. The van der Waals surface area contributed by atoms with Crippen molar-refractivity contribution in [3.8, 4) is 5.75 Å². The van der Waals surface area contributed by atoms with E-state index in [-0.39, 0.29) is 11.8 Å². The Morgan fingerprint density at radius 1 is 1.25 bits per heavy atom. The minimum Gasteiger partial charge on any atom is -0.497 e. The van der Waals surface area contributed by atoms with Crippen LogP contribution in [0.4, 0.5) is 0 Å². The van der Waals surface area contributed by atoms with Crippen LogP contribution in [0.25, 0.3) is 10.8 Å². The van der Waals surface area contributed by atoms with Gasteiger partial charge in [-0.2, -0.15) is 0 Å². The molecule has 0 fully saturated rings. The summed E-state index contributed by atoms with van der Waals surface area (Å²) >= 11 is 0. The molecule has 4 nitrogen and oxygen atoms in total. The molecule has 0 radical (unpaired) electrons. The van der Waals surface area contributed by atoms with Gasteiger partial charge in [-0.25, -0.2) is 0 Å². The lowest BCUT2D eigenvalue weighted by atomic mass is 9.96. The molecule has 2 rings (SSSR count). The van der Waals surface area contributed by atoms with E-state index in [0.29, 0.717) is 13.0 Å². The normalized spacial score (nSPS) is 12.2. The summed E-state index contributed by atoms with van der Waals surface area (Å²) in [6.45, 7) is 0.348. The second-order valence-corrected chi connectivity index (χ2v) is 4.80. The number of carbonyl (C=O) groups is 1. The van der Waals surface area contributed by atoms with Crippen LogP contribution in [0, 0.1) is 5.92 Å². The van der Waals surface area contributed by atoms with Crippen molar-refractivity contribution in [1.82, 2.24) is 5.32 Å². The van der Waals surface area contributed by atoms with Gasteiger partial charge < -0.3 is 15.8 Å². The van der Waals surface area contributed by atoms with Gasteiger partial charge in [-0.15, -0.1) is 0 Å².